The molecule has 0 aromatic heterocycles. The predicted octanol–water partition coefficient (Wildman–Crippen LogP) is 3.37. The average molecular weight is 400 g/mol. The number of amides is 2. The molecule has 29 heavy (non-hydrogen) atoms. The minimum Gasteiger partial charge on any atom is -0.399 e. The van der Waals surface area contributed by atoms with Gasteiger partial charge in [0.15, 0.2) is 0 Å². The van der Waals surface area contributed by atoms with Crippen LogP contribution in [0, 0.1) is 0 Å². The van der Waals surface area contributed by atoms with Gasteiger partial charge >= 0.3 is 0 Å². The van der Waals surface area contributed by atoms with Gasteiger partial charge in [0.2, 0.25) is 0 Å². The number of hydrogen-bond acceptors (Lipinski definition) is 7. The molecule has 154 valence electrons. The number of fused-ring (bicyclic) bond motifs is 1. The maximum absolute atomic E-state index is 12.4. The van der Waals surface area contributed by atoms with Crippen molar-refractivity contribution in [2.75, 3.05) is 20.8 Å². The lowest BCUT2D eigenvalue weighted by atomic mass is 10.0. The van der Waals surface area contributed by atoms with Crippen molar-refractivity contribution >= 4 is 17.5 Å². The van der Waals surface area contributed by atoms with Crippen molar-refractivity contribution in [1.82, 2.24) is 5.06 Å². The number of oxime groups is 1. The van der Waals surface area contributed by atoms with Crippen molar-refractivity contribution in [3.63, 3.8) is 0 Å². The number of hydroxylamine groups is 2. The highest BCUT2D eigenvalue weighted by Crippen LogP contribution is 2.24. The van der Waals surface area contributed by atoms with Crippen molar-refractivity contribution in [3.8, 4) is 0 Å². The molecule has 0 unspecified atom stereocenters. The number of rotatable bonds is 8. The van der Waals surface area contributed by atoms with Gasteiger partial charge in [-0.2, -0.15) is 0 Å². The van der Waals surface area contributed by atoms with Gasteiger partial charge in [-0.05, 0) is 17.7 Å². The Morgan fingerprint density at radius 3 is 2.10 bits per heavy atom. The van der Waals surface area contributed by atoms with Crippen LogP contribution in [0.25, 0.3) is 0 Å². The average Bonchev–Trinajstić information content (AvgIpc) is 3.01. The molecule has 0 bridgehead atoms. The summed E-state index contributed by atoms with van der Waals surface area (Å²) in [6, 6.07) is 13.8. The molecule has 8 heteroatoms. The largest absolute Gasteiger partial charge is 0.399 e. The third-order valence-electron chi connectivity index (χ3n) is 3.95. The van der Waals surface area contributed by atoms with Gasteiger partial charge in [-0.25, -0.2) is 9.78 Å². The molecule has 0 N–H and O–H groups in total. The van der Waals surface area contributed by atoms with Crippen molar-refractivity contribution in [2.24, 2.45) is 5.16 Å². The molecule has 0 saturated carbocycles. The fraction of sp³-hybridized carbons (Fsp3) is 0.286. The second-order valence-corrected chi connectivity index (χ2v) is 5.53. The lowest BCUT2D eigenvalue weighted by molar-refractivity contribution is -0.259. The first-order chi connectivity index (χ1) is 14.2. The van der Waals surface area contributed by atoms with Gasteiger partial charge in [0.25, 0.3) is 11.8 Å². The van der Waals surface area contributed by atoms with Crippen molar-refractivity contribution in [2.45, 2.75) is 20.5 Å². The third kappa shape index (κ3) is 5.05. The second kappa shape index (κ2) is 11.1. The zero-order valence-electron chi connectivity index (χ0n) is 16.9. The summed E-state index contributed by atoms with van der Waals surface area (Å²) < 4.78 is 0. The van der Waals surface area contributed by atoms with Crippen LogP contribution in [-0.4, -0.2) is 43.4 Å². The number of carbonyl (C=O) groups excluding carboxylic acids is 2. The highest BCUT2D eigenvalue weighted by molar-refractivity contribution is 6.20. The maximum Gasteiger partial charge on any atom is 0.285 e. The number of benzene rings is 2. The Bertz CT molecular complexity index is 846. The van der Waals surface area contributed by atoms with Crippen LogP contribution in [0.2, 0.25) is 0 Å². The molecule has 0 saturated heterocycles. The summed E-state index contributed by atoms with van der Waals surface area (Å²) in [6.07, 6.45) is 0. The zero-order chi connectivity index (χ0) is 21.2. The molecule has 0 radical (unpaired) electrons. The first-order valence-electron chi connectivity index (χ1n) is 9.12. The van der Waals surface area contributed by atoms with Gasteiger partial charge in [-0.1, -0.05) is 55.4 Å². The van der Waals surface area contributed by atoms with E-state index in [4.69, 9.17) is 14.6 Å². The van der Waals surface area contributed by atoms with E-state index in [1.165, 1.54) is 14.2 Å². The summed E-state index contributed by atoms with van der Waals surface area (Å²) in [7, 11) is 2.81. The van der Waals surface area contributed by atoms with E-state index in [1.807, 2.05) is 26.0 Å². The maximum atomic E-state index is 12.4. The smallest absolute Gasteiger partial charge is 0.285 e. The summed E-state index contributed by atoms with van der Waals surface area (Å²) in [5, 5.41) is 4.72. The number of nitrogens with zero attached hydrogens (tertiary/aromatic N) is 2. The molecule has 8 nitrogen and oxygen atoms in total. The molecule has 2 aromatic rings. The Hall–Kier alpha value is -3.07. The normalized spacial score (nSPS) is 13.1. The van der Waals surface area contributed by atoms with E-state index in [-0.39, 0.29) is 13.2 Å². The van der Waals surface area contributed by atoms with Crippen LogP contribution in [0.1, 0.15) is 45.7 Å². The third-order valence-corrected chi connectivity index (χ3v) is 3.95. The molecule has 0 aliphatic carbocycles. The molecule has 1 aliphatic rings. The molecule has 0 fully saturated rings. The fourth-order valence-electron chi connectivity index (χ4n) is 2.72. The Morgan fingerprint density at radius 2 is 1.52 bits per heavy atom. The molecular weight excluding hydrogens is 376 g/mol. The van der Waals surface area contributed by atoms with Gasteiger partial charge in [0.1, 0.15) is 26.0 Å². The van der Waals surface area contributed by atoms with Gasteiger partial charge < -0.3 is 4.84 Å². The van der Waals surface area contributed by atoms with E-state index >= 15 is 0 Å². The highest BCUT2D eigenvalue weighted by atomic mass is 17.2. The van der Waals surface area contributed by atoms with Crippen LogP contribution < -0.4 is 0 Å². The minimum atomic E-state index is -0.485. The van der Waals surface area contributed by atoms with Crippen LogP contribution in [-0.2, 0) is 26.1 Å². The van der Waals surface area contributed by atoms with Gasteiger partial charge in [-0.15, -0.1) is 5.06 Å². The summed E-state index contributed by atoms with van der Waals surface area (Å²) >= 11 is 0. The van der Waals surface area contributed by atoms with E-state index in [0.29, 0.717) is 28.0 Å². The van der Waals surface area contributed by atoms with Crippen LogP contribution in [0.4, 0.5) is 0 Å². The van der Waals surface area contributed by atoms with Gasteiger partial charge in [0.05, 0.1) is 18.2 Å². The molecule has 0 atom stereocenters. The molecule has 1 aliphatic heterocycles. The zero-order valence-corrected chi connectivity index (χ0v) is 16.9. The number of hydrogen-bond donors (Lipinski definition) is 0. The van der Waals surface area contributed by atoms with Crippen molar-refractivity contribution < 1.29 is 29.0 Å². The number of imide groups is 1. The monoisotopic (exact) mass is 400 g/mol. The van der Waals surface area contributed by atoms with E-state index in [1.54, 1.807) is 36.4 Å². The molecular formula is C21H24N2O6. The molecule has 1 heterocycles. The number of carbonyl (C=O) groups is 2. The predicted molar refractivity (Wildman–Crippen MR) is 106 cm³/mol. The van der Waals surface area contributed by atoms with Crippen LogP contribution in [0.3, 0.4) is 0 Å². The molecule has 2 amide bonds. The Morgan fingerprint density at radius 1 is 0.931 bits per heavy atom. The summed E-state index contributed by atoms with van der Waals surface area (Å²) in [4.78, 5) is 44.7. The van der Waals surface area contributed by atoms with Crippen LogP contribution in [0.5, 0.6) is 0 Å². The van der Waals surface area contributed by atoms with E-state index in [0.717, 1.165) is 5.06 Å². The van der Waals surface area contributed by atoms with Gasteiger partial charge in [0, 0.05) is 5.56 Å². The summed E-state index contributed by atoms with van der Waals surface area (Å²) in [5.74, 6) is -0.969. The molecule has 3 rings (SSSR count). The Kier molecular flexibility index (Phi) is 8.47. The topological polar surface area (TPSA) is 86.7 Å². The fourth-order valence-corrected chi connectivity index (χ4v) is 2.72. The van der Waals surface area contributed by atoms with Crippen LogP contribution in [0.15, 0.2) is 53.7 Å². The van der Waals surface area contributed by atoms with E-state index in [2.05, 4.69) is 10.0 Å². The lowest BCUT2D eigenvalue weighted by Gasteiger charge is -2.16. The first kappa shape index (κ1) is 22.2. The lowest BCUT2D eigenvalue weighted by Crippen LogP contribution is -2.30. The van der Waals surface area contributed by atoms with Crippen molar-refractivity contribution in [1.29, 1.82) is 0 Å². The Labute approximate surface area is 169 Å². The van der Waals surface area contributed by atoms with Crippen LogP contribution >= 0.6 is 0 Å². The summed E-state index contributed by atoms with van der Waals surface area (Å²) in [6.45, 7) is 4.03. The highest BCUT2D eigenvalue weighted by Gasteiger charge is 2.36. The first-order valence-corrected chi connectivity index (χ1v) is 9.12. The quantitative estimate of drug-likeness (QED) is 0.292. The molecule has 2 aromatic carbocycles. The van der Waals surface area contributed by atoms with E-state index < -0.39 is 11.8 Å². The minimum absolute atomic E-state index is 0.0165. The summed E-state index contributed by atoms with van der Waals surface area (Å²) in [5.41, 5.74) is 2.51. The van der Waals surface area contributed by atoms with Gasteiger partial charge in [-0.3, -0.25) is 14.4 Å². The van der Waals surface area contributed by atoms with Crippen molar-refractivity contribution in [3.05, 3.63) is 70.8 Å². The molecule has 0 spiro atoms. The second-order valence-electron chi connectivity index (χ2n) is 5.53. The SMILES string of the molecule is CC.CO/N=C(/COOC)c1ccccc1CON1C(=O)c2ccccc2C1=O. The standard InChI is InChI=1S/C19H18N2O6.C2H6/c1-24-20-17(12-27-25-2)14-8-4-3-7-13(14)11-26-21-18(22)15-9-5-6-10-16(15)19(21)23;1-2/h3-10H,11-12H2,1-2H3;1-2H3/b20-17-;. The van der Waals surface area contributed by atoms with E-state index in [9.17, 15) is 9.59 Å². The Balaban J connectivity index is 0.00000145.